The van der Waals surface area contributed by atoms with Crippen molar-refractivity contribution in [2.45, 2.75) is 12.8 Å². The van der Waals surface area contributed by atoms with Crippen LogP contribution in [0.5, 0.6) is 5.75 Å². The van der Waals surface area contributed by atoms with Crippen molar-refractivity contribution in [1.29, 1.82) is 0 Å². The van der Waals surface area contributed by atoms with E-state index >= 15 is 0 Å². The lowest BCUT2D eigenvalue weighted by atomic mass is 10.1. The maximum absolute atomic E-state index is 12.9. The van der Waals surface area contributed by atoms with E-state index in [2.05, 4.69) is 0 Å². The normalized spacial score (nSPS) is 14.6. The highest BCUT2D eigenvalue weighted by Crippen LogP contribution is 2.24. The lowest BCUT2D eigenvalue weighted by Crippen LogP contribution is -2.38. The molecule has 3 rings (SSSR count). The van der Waals surface area contributed by atoms with Gasteiger partial charge in [-0.25, -0.2) is 0 Å². The van der Waals surface area contributed by atoms with E-state index in [0.29, 0.717) is 48.9 Å². The highest BCUT2D eigenvalue weighted by Gasteiger charge is 2.24. The van der Waals surface area contributed by atoms with Crippen molar-refractivity contribution in [1.82, 2.24) is 9.80 Å². The van der Waals surface area contributed by atoms with Crippen LogP contribution in [-0.2, 0) is 11.2 Å². The lowest BCUT2D eigenvalue weighted by molar-refractivity contribution is -0.130. The number of amides is 2. The number of nitrogens with zero attached hydrogens (tertiary/aromatic N) is 2. The average molecular weight is 387 g/mol. The number of hydrogen-bond donors (Lipinski definition) is 0. The van der Waals surface area contributed by atoms with Gasteiger partial charge in [0.1, 0.15) is 5.75 Å². The maximum atomic E-state index is 12.9. The summed E-state index contributed by atoms with van der Waals surface area (Å²) in [5.74, 6) is 0.480. The summed E-state index contributed by atoms with van der Waals surface area (Å²) in [7, 11) is 1.53. The minimum atomic E-state index is -0.119. The van der Waals surface area contributed by atoms with Gasteiger partial charge in [-0.1, -0.05) is 41.9 Å². The third-order valence-corrected chi connectivity index (χ3v) is 4.96. The van der Waals surface area contributed by atoms with E-state index in [1.54, 1.807) is 23.1 Å². The molecule has 5 nitrogen and oxygen atoms in total. The van der Waals surface area contributed by atoms with Crippen LogP contribution in [0, 0.1) is 0 Å². The van der Waals surface area contributed by atoms with Crippen molar-refractivity contribution in [2.75, 3.05) is 33.3 Å². The first-order valence-electron chi connectivity index (χ1n) is 9.03. The Balaban J connectivity index is 1.65. The number of rotatable bonds is 4. The van der Waals surface area contributed by atoms with Crippen LogP contribution in [0.3, 0.4) is 0 Å². The Morgan fingerprint density at radius 2 is 1.70 bits per heavy atom. The Morgan fingerprint density at radius 3 is 2.44 bits per heavy atom. The monoisotopic (exact) mass is 386 g/mol. The van der Waals surface area contributed by atoms with Crippen molar-refractivity contribution in [2.24, 2.45) is 0 Å². The molecule has 0 unspecified atom stereocenters. The van der Waals surface area contributed by atoms with E-state index < -0.39 is 0 Å². The van der Waals surface area contributed by atoms with Crippen LogP contribution >= 0.6 is 11.6 Å². The third-order valence-electron chi connectivity index (χ3n) is 4.73. The molecular formula is C21H23ClN2O3. The van der Waals surface area contributed by atoms with Crippen molar-refractivity contribution in [3.63, 3.8) is 0 Å². The molecule has 2 amide bonds. The molecule has 0 spiro atoms. The van der Waals surface area contributed by atoms with E-state index in [-0.39, 0.29) is 11.8 Å². The first-order chi connectivity index (χ1) is 13.1. The summed E-state index contributed by atoms with van der Waals surface area (Å²) in [5.41, 5.74) is 1.46. The molecule has 0 aliphatic carbocycles. The molecule has 2 aromatic rings. The largest absolute Gasteiger partial charge is 0.496 e. The molecule has 1 heterocycles. The van der Waals surface area contributed by atoms with E-state index in [4.69, 9.17) is 16.3 Å². The molecule has 27 heavy (non-hydrogen) atoms. The fourth-order valence-corrected chi connectivity index (χ4v) is 3.44. The van der Waals surface area contributed by atoms with Gasteiger partial charge < -0.3 is 14.5 Å². The average Bonchev–Trinajstić information content (AvgIpc) is 2.94. The van der Waals surface area contributed by atoms with Gasteiger partial charge >= 0.3 is 0 Å². The topological polar surface area (TPSA) is 49.9 Å². The summed E-state index contributed by atoms with van der Waals surface area (Å²) in [6, 6.07) is 14.7. The zero-order chi connectivity index (χ0) is 19.2. The summed E-state index contributed by atoms with van der Waals surface area (Å²) >= 11 is 6.05. The van der Waals surface area contributed by atoms with Crippen molar-refractivity contribution in [3.05, 3.63) is 64.7 Å². The molecule has 0 saturated carbocycles. The van der Waals surface area contributed by atoms with Gasteiger partial charge in [0.05, 0.1) is 19.1 Å². The van der Waals surface area contributed by atoms with Crippen molar-refractivity contribution in [3.8, 4) is 5.75 Å². The second kappa shape index (κ2) is 8.91. The minimum absolute atomic E-state index is 0.0934. The fourth-order valence-electron chi connectivity index (χ4n) is 3.27. The van der Waals surface area contributed by atoms with Gasteiger partial charge in [-0.2, -0.15) is 0 Å². The number of benzene rings is 2. The Morgan fingerprint density at radius 1 is 1.00 bits per heavy atom. The predicted octanol–water partition coefficient (Wildman–Crippen LogP) is 3.27. The second-order valence-electron chi connectivity index (χ2n) is 6.53. The van der Waals surface area contributed by atoms with Crippen LogP contribution in [0.2, 0.25) is 5.02 Å². The van der Waals surface area contributed by atoms with Gasteiger partial charge in [0, 0.05) is 31.2 Å². The molecule has 0 radical (unpaired) electrons. The summed E-state index contributed by atoms with van der Waals surface area (Å²) in [5, 5.41) is 0.494. The Bertz CT molecular complexity index is 810. The van der Waals surface area contributed by atoms with Gasteiger partial charge in [-0.05, 0) is 30.2 Å². The fraction of sp³-hybridized carbons (Fsp3) is 0.333. The number of methoxy groups -OCH3 is 1. The molecule has 1 fully saturated rings. The van der Waals surface area contributed by atoms with Gasteiger partial charge in [0.25, 0.3) is 5.91 Å². The maximum Gasteiger partial charge on any atom is 0.257 e. The highest BCUT2D eigenvalue weighted by molar-refractivity contribution is 6.31. The molecule has 142 valence electrons. The number of carbonyl (C=O) groups excluding carboxylic acids is 2. The van der Waals surface area contributed by atoms with Crippen LogP contribution in [0.4, 0.5) is 0 Å². The molecule has 0 bridgehead atoms. The van der Waals surface area contributed by atoms with Crippen LogP contribution in [0.15, 0.2) is 48.5 Å². The minimum Gasteiger partial charge on any atom is -0.496 e. The van der Waals surface area contributed by atoms with E-state index in [1.165, 1.54) is 7.11 Å². The molecule has 6 heteroatoms. The molecule has 0 aromatic heterocycles. The van der Waals surface area contributed by atoms with E-state index in [1.807, 2.05) is 35.2 Å². The third kappa shape index (κ3) is 4.80. The van der Waals surface area contributed by atoms with Gasteiger partial charge in [-0.3, -0.25) is 9.59 Å². The smallest absolute Gasteiger partial charge is 0.257 e. The summed E-state index contributed by atoms with van der Waals surface area (Å²) < 4.78 is 5.30. The Labute approximate surface area is 164 Å². The van der Waals surface area contributed by atoms with E-state index in [9.17, 15) is 9.59 Å². The first kappa shape index (κ1) is 19.2. The first-order valence-corrected chi connectivity index (χ1v) is 9.41. The van der Waals surface area contributed by atoms with Gasteiger partial charge in [0.2, 0.25) is 5.91 Å². The number of carbonyl (C=O) groups is 2. The zero-order valence-corrected chi connectivity index (χ0v) is 16.1. The quantitative estimate of drug-likeness (QED) is 0.810. The Kier molecular flexibility index (Phi) is 6.35. The molecule has 0 atom stereocenters. The molecule has 1 aliphatic rings. The molecular weight excluding hydrogens is 364 g/mol. The molecule has 2 aromatic carbocycles. The van der Waals surface area contributed by atoms with Crippen molar-refractivity contribution < 1.29 is 14.3 Å². The summed E-state index contributed by atoms with van der Waals surface area (Å²) in [6.45, 7) is 2.28. The summed E-state index contributed by atoms with van der Waals surface area (Å²) in [4.78, 5) is 29.1. The molecule has 1 saturated heterocycles. The van der Waals surface area contributed by atoms with E-state index in [0.717, 1.165) is 12.0 Å². The van der Waals surface area contributed by atoms with Crippen LogP contribution < -0.4 is 4.74 Å². The molecule has 1 aliphatic heterocycles. The zero-order valence-electron chi connectivity index (χ0n) is 15.4. The van der Waals surface area contributed by atoms with Crippen LogP contribution in [0.1, 0.15) is 22.3 Å². The number of ether oxygens (including phenoxy) is 1. The standard InChI is InChI=1S/C21H23ClN2O3/c1-27-19-9-8-17(22)15-18(19)21(26)24-11-5-10-23(12-13-24)20(25)14-16-6-3-2-4-7-16/h2-4,6-9,15H,5,10-14H2,1H3. The van der Waals surface area contributed by atoms with Gasteiger partial charge in [0.15, 0.2) is 0 Å². The number of halogens is 1. The lowest BCUT2D eigenvalue weighted by Gasteiger charge is -2.23. The Hall–Kier alpha value is -2.53. The number of hydrogen-bond acceptors (Lipinski definition) is 3. The second-order valence-corrected chi connectivity index (χ2v) is 6.97. The molecule has 0 N–H and O–H groups in total. The predicted molar refractivity (Wildman–Crippen MR) is 105 cm³/mol. The SMILES string of the molecule is COc1ccc(Cl)cc1C(=O)N1CCCN(C(=O)Cc2ccccc2)CC1. The van der Waals surface area contributed by atoms with Crippen LogP contribution in [-0.4, -0.2) is 54.9 Å². The van der Waals surface area contributed by atoms with Gasteiger partial charge in [-0.15, -0.1) is 0 Å². The van der Waals surface area contributed by atoms with Crippen LogP contribution in [0.25, 0.3) is 0 Å². The highest BCUT2D eigenvalue weighted by atomic mass is 35.5. The van der Waals surface area contributed by atoms with Crippen molar-refractivity contribution >= 4 is 23.4 Å². The summed E-state index contributed by atoms with van der Waals surface area (Å²) in [6.07, 6.45) is 1.13.